The molecule has 84 valence electrons. The first-order valence-electron chi connectivity index (χ1n) is 5.30. The Labute approximate surface area is 85.3 Å². The topological polar surface area (TPSA) is 69.6 Å². The summed E-state index contributed by atoms with van der Waals surface area (Å²) in [5, 5.41) is 20.1. The molecule has 1 atom stereocenters. The minimum absolute atomic E-state index is 0.171. The van der Waals surface area contributed by atoms with Gasteiger partial charge in [0.2, 0.25) is 0 Å². The number of rotatable bonds is 9. The number of unbranched alkanes of at least 4 members (excludes halogenated alkanes) is 4. The maximum absolute atomic E-state index is 10.1. The van der Waals surface area contributed by atoms with Crippen molar-refractivity contribution in [3.63, 3.8) is 0 Å². The zero-order valence-electron chi connectivity index (χ0n) is 8.83. The van der Waals surface area contributed by atoms with Crippen LogP contribution in [0.15, 0.2) is 0 Å². The van der Waals surface area contributed by atoms with E-state index in [1.807, 2.05) is 0 Å². The van der Waals surface area contributed by atoms with Crippen LogP contribution >= 0.6 is 0 Å². The molecule has 0 aromatic heterocycles. The van der Waals surface area contributed by atoms with E-state index in [0.29, 0.717) is 6.42 Å². The molecule has 0 bridgehead atoms. The van der Waals surface area contributed by atoms with Crippen LogP contribution in [0.2, 0.25) is 0 Å². The van der Waals surface area contributed by atoms with Crippen LogP contribution in [-0.4, -0.2) is 29.0 Å². The molecule has 0 aliphatic rings. The molecule has 0 rings (SSSR count). The Morgan fingerprint density at radius 3 is 2.50 bits per heavy atom. The van der Waals surface area contributed by atoms with Crippen molar-refractivity contribution in [2.45, 2.75) is 51.7 Å². The van der Waals surface area contributed by atoms with Gasteiger partial charge in [-0.25, -0.2) is 0 Å². The largest absolute Gasteiger partial charge is 0.480 e. The normalized spacial score (nSPS) is 12.7. The molecular formula is C10H21NO3. The van der Waals surface area contributed by atoms with Crippen LogP contribution in [-0.2, 0) is 4.79 Å². The molecule has 0 spiro atoms. The summed E-state index contributed by atoms with van der Waals surface area (Å²) in [6, 6.07) is 0. The Bertz CT molecular complexity index is 150. The van der Waals surface area contributed by atoms with E-state index in [1.165, 1.54) is 19.3 Å². The van der Waals surface area contributed by atoms with Crippen LogP contribution in [0.3, 0.4) is 0 Å². The zero-order valence-corrected chi connectivity index (χ0v) is 8.83. The van der Waals surface area contributed by atoms with Crippen LogP contribution in [0.5, 0.6) is 0 Å². The average molecular weight is 203 g/mol. The molecule has 14 heavy (non-hydrogen) atoms. The number of hydrogen-bond acceptors (Lipinski definition) is 3. The number of carboxylic acid groups (broad SMARTS) is 1. The number of carbonyl (C=O) groups is 1. The molecule has 0 amide bonds. The van der Waals surface area contributed by atoms with Crippen LogP contribution in [0.4, 0.5) is 0 Å². The third-order valence-electron chi connectivity index (χ3n) is 2.07. The van der Waals surface area contributed by atoms with Crippen molar-refractivity contribution >= 4 is 5.97 Å². The van der Waals surface area contributed by atoms with Crippen molar-refractivity contribution in [3.05, 3.63) is 0 Å². The Kier molecular flexibility index (Phi) is 8.57. The van der Waals surface area contributed by atoms with Crippen molar-refractivity contribution in [2.75, 3.05) is 6.54 Å². The smallest absolute Gasteiger partial charge is 0.317 e. The molecule has 0 saturated carbocycles. The molecule has 0 saturated heterocycles. The van der Waals surface area contributed by atoms with Gasteiger partial charge in [-0.05, 0) is 12.8 Å². The molecule has 1 unspecified atom stereocenters. The number of aliphatic hydroxyl groups is 1. The molecule has 0 aromatic rings. The van der Waals surface area contributed by atoms with Crippen molar-refractivity contribution in [2.24, 2.45) is 0 Å². The SMILES string of the molecule is CCCCCCCC(O)NCC(=O)O. The van der Waals surface area contributed by atoms with Gasteiger partial charge in [-0.2, -0.15) is 0 Å². The Balaban J connectivity index is 3.18. The van der Waals surface area contributed by atoms with Gasteiger partial charge in [0, 0.05) is 0 Å². The molecule has 0 heterocycles. The summed E-state index contributed by atoms with van der Waals surface area (Å²) in [4.78, 5) is 10.1. The lowest BCUT2D eigenvalue weighted by atomic mass is 10.1. The minimum atomic E-state index is -0.935. The molecule has 0 radical (unpaired) electrons. The van der Waals surface area contributed by atoms with Gasteiger partial charge in [0.25, 0.3) is 0 Å². The summed E-state index contributed by atoms with van der Waals surface area (Å²) in [6.45, 7) is 1.99. The van der Waals surface area contributed by atoms with Crippen molar-refractivity contribution in [1.29, 1.82) is 0 Å². The van der Waals surface area contributed by atoms with Crippen molar-refractivity contribution in [1.82, 2.24) is 5.32 Å². The summed E-state index contributed by atoms with van der Waals surface area (Å²) in [5.41, 5.74) is 0. The highest BCUT2D eigenvalue weighted by atomic mass is 16.4. The Morgan fingerprint density at radius 1 is 1.29 bits per heavy atom. The van der Waals surface area contributed by atoms with Crippen molar-refractivity contribution < 1.29 is 15.0 Å². The minimum Gasteiger partial charge on any atom is -0.480 e. The lowest BCUT2D eigenvalue weighted by Gasteiger charge is -2.10. The van der Waals surface area contributed by atoms with Gasteiger partial charge in [0.05, 0.1) is 6.54 Å². The highest BCUT2D eigenvalue weighted by Crippen LogP contribution is 2.05. The van der Waals surface area contributed by atoms with E-state index in [-0.39, 0.29) is 6.54 Å². The fourth-order valence-corrected chi connectivity index (χ4v) is 1.25. The van der Waals surface area contributed by atoms with E-state index in [4.69, 9.17) is 5.11 Å². The predicted molar refractivity (Wildman–Crippen MR) is 55.0 cm³/mol. The van der Waals surface area contributed by atoms with Crippen LogP contribution in [0.25, 0.3) is 0 Å². The van der Waals surface area contributed by atoms with Gasteiger partial charge in [0.1, 0.15) is 6.23 Å². The summed E-state index contributed by atoms with van der Waals surface area (Å²) >= 11 is 0. The quantitative estimate of drug-likeness (QED) is 0.390. The summed E-state index contributed by atoms with van der Waals surface area (Å²) in [5.74, 6) is -0.935. The first-order valence-corrected chi connectivity index (χ1v) is 5.30. The van der Waals surface area contributed by atoms with E-state index in [9.17, 15) is 9.90 Å². The summed E-state index contributed by atoms with van der Waals surface area (Å²) in [6.07, 6.45) is 5.66. The summed E-state index contributed by atoms with van der Waals surface area (Å²) in [7, 11) is 0. The second-order valence-corrected chi connectivity index (χ2v) is 3.49. The highest BCUT2D eigenvalue weighted by molar-refractivity contribution is 5.68. The van der Waals surface area contributed by atoms with Crippen molar-refractivity contribution in [3.8, 4) is 0 Å². The molecule has 0 aliphatic carbocycles. The maximum atomic E-state index is 10.1. The van der Waals surface area contributed by atoms with E-state index in [2.05, 4.69) is 12.2 Å². The zero-order chi connectivity index (χ0) is 10.8. The number of carboxylic acids is 1. The molecule has 0 aliphatic heterocycles. The third-order valence-corrected chi connectivity index (χ3v) is 2.07. The summed E-state index contributed by atoms with van der Waals surface area (Å²) < 4.78 is 0. The second kappa shape index (κ2) is 8.97. The first kappa shape index (κ1) is 13.4. The van der Waals surface area contributed by atoms with Gasteiger partial charge in [-0.3, -0.25) is 10.1 Å². The fraction of sp³-hybridized carbons (Fsp3) is 0.900. The highest BCUT2D eigenvalue weighted by Gasteiger charge is 2.04. The predicted octanol–water partition coefficient (Wildman–Crippen LogP) is 1.34. The van der Waals surface area contributed by atoms with Crippen LogP contribution in [0.1, 0.15) is 45.4 Å². The first-order chi connectivity index (χ1) is 6.66. The monoisotopic (exact) mass is 203 g/mol. The maximum Gasteiger partial charge on any atom is 0.317 e. The lowest BCUT2D eigenvalue weighted by molar-refractivity contribution is -0.136. The molecule has 4 nitrogen and oxygen atoms in total. The Hall–Kier alpha value is -0.610. The number of nitrogens with one attached hydrogen (secondary N) is 1. The van der Waals surface area contributed by atoms with Crippen LogP contribution < -0.4 is 5.32 Å². The molecule has 4 heteroatoms. The van der Waals surface area contributed by atoms with E-state index in [1.54, 1.807) is 0 Å². The third kappa shape index (κ3) is 9.48. The number of hydrogen-bond donors (Lipinski definition) is 3. The van der Waals surface area contributed by atoms with Gasteiger partial charge in [-0.15, -0.1) is 0 Å². The molecule has 3 N–H and O–H groups in total. The Morgan fingerprint density at radius 2 is 1.93 bits per heavy atom. The van der Waals surface area contributed by atoms with E-state index < -0.39 is 12.2 Å². The van der Waals surface area contributed by atoms with Gasteiger partial charge in [0.15, 0.2) is 0 Å². The molecule has 0 aromatic carbocycles. The lowest BCUT2D eigenvalue weighted by Crippen LogP contribution is -2.33. The fourth-order valence-electron chi connectivity index (χ4n) is 1.25. The molecular weight excluding hydrogens is 182 g/mol. The van der Waals surface area contributed by atoms with E-state index >= 15 is 0 Å². The van der Waals surface area contributed by atoms with Gasteiger partial charge >= 0.3 is 5.97 Å². The standard InChI is InChI=1S/C10H21NO3/c1-2-3-4-5-6-7-9(12)11-8-10(13)14/h9,11-12H,2-8H2,1H3,(H,13,14). The number of aliphatic hydroxyl groups excluding tert-OH is 1. The van der Waals surface area contributed by atoms with Gasteiger partial charge in [-0.1, -0.05) is 32.6 Å². The number of aliphatic carboxylic acids is 1. The van der Waals surface area contributed by atoms with Gasteiger partial charge < -0.3 is 10.2 Å². The average Bonchev–Trinajstić information content (AvgIpc) is 2.14. The van der Waals surface area contributed by atoms with Crippen LogP contribution in [0, 0.1) is 0 Å². The second-order valence-electron chi connectivity index (χ2n) is 3.49. The molecule has 0 fully saturated rings. The van der Waals surface area contributed by atoms with E-state index in [0.717, 1.165) is 12.8 Å².